The van der Waals surface area contributed by atoms with Crippen molar-refractivity contribution in [2.75, 3.05) is 20.1 Å². The second-order valence-electron chi connectivity index (χ2n) is 5.11. The van der Waals surface area contributed by atoms with Gasteiger partial charge in [-0.15, -0.1) is 0 Å². The minimum Gasteiger partial charge on any atom is -0.472 e. The van der Waals surface area contributed by atoms with Gasteiger partial charge in [0.2, 0.25) is 0 Å². The fourth-order valence-corrected chi connectivity index (χ4v) is 2.49. The molecule has 3 nitrogen and oxygen atoms in total. The molecule has 0 bridgehead atoms. The molecule has 0 aliphatic carbocycles. The third kappa shape index (κ3) is 3.35. The molecule has 2 atom stereocenters. The maximum absolute atomic E-state index is 5.08. The highest BCUT2D eigenvalue weighted by Crippen LogP contribution is 2.16. The second kappa shape index (κ2) is 5.51. The van der Waals surface area contributed by atoms with E-state index in [9.17, 15) is 0 Å². The van der Waals surface area contributed by atoms with Gasteiger partial charge in [0.1, 0.15) is 0 Å². The van der Waals surface area contributed by atoms with E-state index >= 15 is 0 Å². The molecule has 2 unspecified atom stereocenters. The SMILES string of the molecule is CC1CCNC(CN(C)Cc2ccoc2)C1. The summed E-state index contributed by atoms with van der Waals surface area (Å²) in [6, 6.07) is 2.69. The van der Waals surface area contributed by atoms with Gasteiger partial charge in [0.05, 0.1) is 12.5 Å². The first kappa shape index (κ1) is 11.7. The molecule has 2 heterocycles. The predicted molar refractivity (Wildman–Crippen MR) is 65.2 cm³/mol. The van der Waals surface area contributed by atoms with E-state index in [0.717, 1.165) is 19.0 Å². The van der Waals surface area contributed by atoms with Crippen molar-refractivity contribution in [2.45, 2.75) is 32.4 Å². The van der Waals surface area contributed by atoms with Gasteiger partial charge < -0.3 is 14.6 Å². The van der Waals surface area contributed by atoms with Gasteiger partial charge in [-0.2, -0.15) is 0 Å². The standard InChI is InChI=1S/C13H22N2O/c1-11-3-5-14-13(7-11)9-15(2)8-12-4-6-16-10-12/h4,6,10-11,13-14H,3,5,7-9H2,1-2H3. The first-order chi connectivity index (χ1) is 7.74. The molecular formula is C13H22N2O. The number of piperidine rings is 1. The third-order valence-electron chi connectivity index (χ3n) is 3.32. The van der Waals surface area contributed by atoms with Crippen LogP contribution in [0.1, 0.15) is 25.3 Å². The summed E-state index contributed by atoms with van der Waals surface area (Å²) in [4.78, 5) is 2.36. The van der Waals surface area contributed by atoms with Gasteiger partial charge in [-0.1, -0.05) is 6.92 Å². The van der Waals surface area contributed by atoms with Gasteiger partial charge in [-0.05, 0) is 38.4 Å². The second-order valence-corrected chi connectivity index (χ2v) is 5.11. The van der Waals surface area contributed by atoms with Crippen LogP contribution in [0.3, 0.4) is 0 Å². The maximum Gasteiger partial charge on any atom is 0.0947 e. The Bertz CT molecular complexity index is 297. The van der Waals surface area contributed by atoms with Gasteiger partial charge in [0, 0.05) is 24.7 Å². The molecule has 16 heavy (non-hydrogen) atoms. The van der Waals surface area contributed by atoms with Crippen molar-refractivity contribution in [3.05, 3.63) is 24.2 Å². The summed E-state index contributed by atoms with van der Waals surface area (Å²) in [5, 5.41) is 3.59. The summed E-state index contributed by atoms with van der Waals surface area (Å²) in [6.45, 7) is 5.62. The zero-order chi connectivity index (χ0) is 11.4. The summed E-state index contributed by atoms with van der Waals surface area (Å²) in [5.74, 6) is 0.869. The van der Waals surface area contributed by atoms with Gasteiger partial charge >= 0.3 is 0 Å². The van der Waals surface area contributed by atoms with Crippen LogP contribution < -0.4 is 5.32 Å². The highest BCUT2D eigenvalue weighted by molar-refractivity contribution is 5.04. The number of hydrogen-bond donors (Lipinski definition) is 1. The van der Waals surface area contributed by atoms with Crippen molar-refractivity contribution in [3.8, 4) is 0 Å². The van der Waals surface area contributed by atoms with Gasteiger partial charge in [-0.3, -0.25) is 0 Å². The van der Waals surface area contributed by atoms with Crippen LogP contribution >= 0.6 is 0 Å². The van der Waals surface area contributed by atoms with Gasteiger partial charge in [0.15, 0.2) is 0 Å². The van der Waals surface area contributed by atoms with Crippen LogP contribution in [0.25, 0.3) is 0 Å². The van der Waals surface area contributed by atoms with Crippen LogP contribution in [0.2, 0.25) is 0 Å². The molecule has 0 radical (unpaired) electrons. The van der Waals surface area contributed by atoms with Crippen LogP contribution in [0.4, 0.5) is 0 Å². The zero-order valence-corrected chi connectivity index (χ0v) is 10.3. The number of likely N-dealkylation sites (N-methyl/N-ethyl adjacent to an activating group) is 1. The van der Waals surface area contributed by atoms with E-state index in [2.05, 4.69) is 24.2 Å². The first-order valence-corrected chi connectivity index (χ1v) is 6.17. The lowest BCUT2D eigenvalue weighted by Gasteiger charge is -2.31. The highest BCUT2D eigenvalue weighted by atomic mass is 16.3. The Hall–Kier alpha value is -0.800. The molecule has 0 saturated carbocycles. The molecule has 1 aromatic heterocycles. The Morgan fingerprint density at radius 3 is 3.12 bits per heavy atom. The molecule has 90 valence electrons. The van der Waals surface area contributed by atoms with E-state index in [1.54, 1.807) is 6.26 Å². The lowest BCUT2D eigenvalue weighted by molar-refractivity contribution is 0.230. The predicted octanol–water partition coefficient (Wildman–Crippen LogP) is 2.10. The largest absolute Gasteiger partial charge is 0.472 e. The van der Waals surface area contributed by atoms with Crippen LogP contribution in [0.5, 0.6) is 0 Å². The van der Waals surface area contributed by atoms with Crippen LogP contribution in [-0.2, 0) is 6.54 Å². The first-order valence-electron chi connectivity index (χ1n) is 6.17. The Labute approximate surface area is 97.8 Å². The highest BCUT2D eigenvalue weighted by Gasteiger charge is 2.19. The topological polar surface area (TPSA) is 28.4 Å². The van der Waals surface area contributed by atoms with Crippen LogP contribution in [-0.4, -0.2) is 31.1 Å². The van der Waals surface area contributed by atoms with Crippen LogP contribution in [0, 0.1) is 5.92 Å². The smallest absolute Gasteiger partial charge is 0.0947 e. The molecule has 1 saturated heterocycles. The Morgan fingerprint density at radius 1 is 1.56 bits per heavy atom. The lowest BCUT2D eigenvalue weighted by atomic mass is 9.94. The Kier molecular flexibility index (Phi) is 4.02. The molecule has 1 aliphatic rings. The van der Waals surface area contributed by atoms with E-state index in [0.29, 0.717) is 6.04 Å². The summed E-state index contributed by atoms with van der Waals surface area (Å²) >= 11 is 0. The fourth-order valence-electron chi connectivity index (χ4n) is 2.49. The normalized spacial score (nSPS) is 26.2. The third-order valence-corrected chi connectivity index (χ3v) is 3.32. The minimum absolute atomic E-state index is 0.653. The number of nitrogens with zero attached hydrogens (tertiary/aromatic N) is 1. The molecule has 1 fully saturated rings. The monoisotopic (exact) mass is 222 g/mol. The number of furan rings is 1. The van der Waals surface area contributed by atoms with Crippen molar-refractivity contribution in [1.29, 1.82) is 0 Å². The Morgan fingerprint density at radius 2 is 2.44 bits per heavy atom. The minimum atomic E-state index is 0.653. The van der Waals surface area contributed by atoms with Gasteiger partial charge in [0.25, 0.3) is 0 Å². The molecule has 0 amide bonds. The van der Waals surface area contributed by atoms with Crippen molar-refractivity contribution in [2.24, 2.45) is 5.92 Å². The van der Waals surface area contributed by atoms with Crippen molar-refractivity contribution >= 4 is 0 Å². The van der Waals surface area contributed by atoms with E-state index in [4.69, 9.17) is 4.42 Å². The average Bonchev–Trinajstić information content (AvgIpc) is 2.70. The number of rotatable bonds is 4. The molecule has 1 N–H and O–H groups in total. The lowest BCUT2D eigenvalue weighted by Crippen LogP contribution is -2.44. The quantitative estimate of drug-likeness (QED) is 0.845. The summed E-state index contributed by atoms with van der Waals surface area (Å²) < 4.78 is 5.08. The molecule has 1 aliphatic heterocycles. The van der Waals surface area contributed by atoms with E-state index < -0.39 is 0 Å². The summed E-state index contributed by atoms with van der Waals surface area (Å²) in [7, 11) is 2.17. The van der Waals surface area contributed by atoms with E-state index in [-0.39, 0.29) is 0 Å². The Balaban J connectivity index is 1.76. The number of hydrogen-bond acceptors (Lipinski definition) is 3. The molecule has 2 rings (SSSR count). The zero-order valence-electron chi connectivity index (χ0n) is 10.3. The molecular weight excluding hydrogens is 200 g/mol. The van der Waals surface area contributed by atoms with Crippen LogP contribution in [0.15, 0.2) is 23.0 Å². The summed E-state index contributed by atoms with van der Waals surface area (Å²) in [6.07, 6.45) is 6.19. The number of nitrogens with one attached hydrogen (secondary N) is 1. The molecule has 0 aromatic carbocycles. The molecule has 0 spiro atoms. The average molecular weight is 222 g/mol. The molecule has 1 aromatic rings. The van der Waals surface area contributed by atoms with E-state index in [1.165, 1.54) is 24.9 Å². The van der Waals surface area contributed by atoms with Gasteiger partial charge in [-0.25, -0.2) is 0 Å². The van der Waals surface area contributed by atoms with E-state index in [1.807, 2.05) is 12.3 Å². The summed E-state index contributed by atoms with van der Waals surface area (Å²) in [5.41, 5.74) is 1.26. The fraction of sp³-hybridized carbons (Fsp3) is 0.692. The van der Waals surface area contributed by atoms with Crippen molar-refractivity contribution in [3.63, 3.8) is 0 Å². The van der Waals surface area contributed by atoms with Crippen molar-refractivity contribution < 1.29 is 4.42 Å². The van der Waals surface area contributed by atoms with Crippen molar-refractivity contribution in [1.82, 2.24) is 10.2 Å². The maximum atomic E-state index is 5.08. The molecule has 3 heteroatoms.